The summed E-state index contributed by atoms with van der Waals surface area (Å²) >= 11 is 0. The number of hydrogen-bond donors (Lipinski definition) is 1. The number of likely N-dealkylation sites (tertiary alicyclic amines) is 2. The van der Waals surface area contributed by atoms with E-state index >= 15 is 0 Å². The van der Waals surface area contributed by atoms with Crippen LogP contribution in [0.15, 0.2) is 18.2 Å². The molecule has 7 heteroatoms. The van der Waals surface area contributed by atoms with E-state index in [9.17, 15) is 18.4 Å². The van der Waals surface area contributed by atoms with Gasteiger partial charge in [0.25, 0.3) is 0 Å². The van der Waals surface area contributed by atoms with Crippen molar-refractivity contribution >= 4 is 11.9 Å². The van der Waals surface area contributed by atoms with Crippen molar-refractivity contribution in [2.75, 3.05) is 26.2 Å². The highest BCUT2D eigenvalue weighted by molar-refractivity contribution is 5.85. The number of benzene rings is 1. The second-order valence-electron chi connectivity index (χ2n) is 7.23. The molecule has 0 saturated carbocycles. The minimum absolute atomic E-state index is 0.0572. The summed E-state index contributed by atoms with van der Waals surface area (Å²) in [6.45, 7) is 4.12. The molecule has 3 amide bonds. The Morgan fingerprint density at radius 3 is 2.85 bits per heavy atom. The van der Waals surface area contributed by atoms with Gasteiger partial charge in [0, 0.05) is 38.3 Å². The highest BCUT2D eigenvalue weighted by Gasteiger charge is 2.49. The third-order valence-corrected chi connectivity index (χ3v) is 5.38. The van der Waals surface area contributed by atoms with Crippen LogP contribution in [-0.4, -0.2) is 47.9 Å². The number of urea groups is 1. The molecule has 3 rings (SSSR count). The summed E-state index contributed by atoms with van der Waals surface area (Å²) in [5.74, 6) is -1.86. The van der Waals surface area contributed by atoms with E-state index in [4.69, 9.17) is 0 Å². The smallest absolute Gasteiger partial charge is 0.317 e. The van der Waals surface area contributed by atoms with Crippen molar-refractivity contribution in [1.82, 2.24) is 15.1 Å². The van der Waals surface area contributed by atoms with E-state index in [2.05, 4.69) is 5.32 Å². The summed E-state index contributed by atoms with van der Waals surface area (Å²) in [6.07, 6.45) is 3.00. The largest absolute Gasteiger partial charge is 0.338 e. The van der Waals surface area contributed by atoms with Crippen LogP contribution in [0.2, 0.25) is 0 Å². The average Bonchev–Trinajstić information content (AvgIpc) is 3.06. The molecule has 1 N–H and O–H groups in total. The summed E-state index contributed by atoms with van der Waals surface area (Å²) in [7, 11) is 0. The standard InChI is InChI=1S/C19H25F2N3O2/c1-2-9-22-18(26)24-11-8-19(13-24)7-4-10-23(17(19)25)12-14-5-3-6-15(20)16(14)21/h3,5-6H,2,4,7-13H2,1H3,(H,22,26)/t19-/m1/s1. The summed E-state index contributed by atoms with van der Waals surface area (Å²) in [5.41, 5.74) is -0.406. The minimum atomic E-state index is -0.902. The first kappa shape index (κ1) is 18.6. The summed E-state index contributed by atoms with van der Waals surface area (Å²) in [5, 5.41) is 2.85. The molecule has 0 bridgehead atoms. The maximum Gasteiger partial charge on any atom is 0.317 e. The van der Waals surface area contributed by atoms with E-state index in [0.29, 0.717) is 32.6 Å². The molecule has 142 valence electrons. The van der Waals surface area contributed by atoms with E-state index < -0.39 is 17.0 Å². The van der Waals surface area contributed by atoms with Crippen LogP contribution in [0.5, 0.6) is 0 Å². The van der Waals surface area contributed by atoms with E-state index in [1.54, 1.807) is 9.80 Å². The molecule has 2 heterocycles. The topological polar surface area (TPSA) is 52.7 Å². The van der Waals surface area contributed by atoms with Crippen LogP contribution in [0.1, 0.15) is 38.2 Å². The molecule has 26 heavy (non-hydrogen) atoms. The first-order chi connectivity index (χ1) is 12.5. The molecule has 1 aromatic rings. The van der Waals surface area contributed by atoms with E-state index in [1.165, 1.54) is 12.1 Å². The lowest BCUT2D eigenvalue weighted by Crippen LogP contribution is -2.50. The van der Waals surface area contributed by atoms with Crippen molar-refractivity contribution in [3.8, 4) is 0 Å². The van der Waals surface area contributed by atoms with Gasteiger partial charge in [-0.3, -0.25) is 4.79 Å². The average molecular weight is 365 g/mol. The highest BCUT2D eigenvalue weighted by Crippen LogP contribution is 2.40. The molecule has 1 atom stereocenters. The normalized spacial score (nSPS) is 23.0. The van der Waals surface area contributed by atoms with Crippen LogP contribution in [0.25, 0.3) is 0 Å². The Hall–Kier alpha value is -2.18. The van der Waals surface area contributed by atoms with Crippen molar-refractivity contribution < 1.29 is 18.4 Å². The Morgan fingerprint density at radius 2 is 2.08 bits per heavy atom. The van der Waals surface area contributed by atoms with Gasteiger partial charge in [-0.25, -0.2) is 13.6 Å². The second kappa shape index (κ2) is 7.60. The molecule has 2 saturated heterocycles. The van der Waals surface area contributed by atoms with Crippen LogP contribution >= 0.6 is 0 Å². The first-order valence-electron chi connectivity index (χ1n) is 9.22. The highest BCUT2D eigenvalue weighted by atomic mass is 19.2. The lowest BCUT2D eigenvalue weighted by Gasteiger charge is -2.39. The predicted molar refractivity (Wildman–Crippen MR) is 93.3 cm³/mol. The molecule has 5 nitrogen and oxygen atoms in total. The number of halogens is 2. The van der Waals surface area contributed by atoms with Gasteiger partial charge in [-0.15, -0.1) is 0 Å². The summed E-state index contributed by atoms with van der Waals surface area (Å²) in [6, 6.07) is 3.89. The Kier molecular flexibility index (Phi) is 5.44. The van der Waals surface area contributed by atoms with Gasteiger partial charge in [-0.2, -0.15) is 0 Å². The van der Waals surface area contributed by atoms with Gasteiger partial charge in [0.2, 0.25) is 5.91 Å². The zero-order chi connectivity index (χ0) is 18.7. The molecule has 0 aromatic heterocycles. The van der Waals surface area contributed by atoms with E-state index in [0.717, 1.165) is 25.3 Å². The third-order valence-electron chi connectivity index (χ3n) is 5.38. The number of rotatable bonds is 4. The van der Waals surface area contributed by atoms with Crippen molar-refractivity contribution in [3.63, 3.8) is 0 Å². The van der Waals surface area contributed by atoms with E-state index in [1.807, 2.05) is 6.92 Å². The fourth-order valence-electron chi connectivity index (χ4n) is 3.95. The van der Waals surface area contributed by atoms with Crippen LogP contribution in [0, 0.1) is 17.0 Å². The Balaban J connectivity index is 1.70. The van der Waals surface area contributed by atoms with Gasteiger partial charge in [-0.05, 0) is 31.7 Å². The van der Waals surface area contributed by atoms with Gasteiger partial charge in [-0.1, -0.05) is 19.1 Å². The summed E-state index contributed by atoms with van der Waals surface area (Å²) < 4.78 is 27.4. The van der Waals surface area contributed by atoms with Crippen LogP contribution < -0.4 is 5.32 Å². The molecule has 1 spiro atoms. The second-order valence-corrected chi connectivity index (χ2v) is 7.23. The lowest BCUT2D eigenvalue weighted by atomic mass is 9.78. The fraction of sp³-hybridized carbons (Fsp3) is 0.579. The molecule has 2 aliphatic heterocycles. The third kappa shape index (κ3) is 3.52. The minimum Gasteiger partial charge on any atom is -0.338 e. The van der Waals surface area contributed by atoms with E-state index in [-0.39, 0.29) is 24.0 Å². The zero-order valence-corrected chi connectivity index (χ0v) is 15.1. The van der Waals surface area contributed by atoms with Crippen molar-refractivity contribution in [1.29, 1.82) is 0 Å². The predicted octanol–water partition coefficient (Wildman–Crippen LogP) is 2.90. The lowest BCUT2D eigenvalue weighted by molar-refractivity contribution is -0.146. The molecule has 0 aliphatic carbocycles. The molecular weight excluding hydrogens is 340 g/mol. The monoisotopic (exact) mass is 365 g/mol. The van der Waals surface area contributed by atoms with Gasteiger partial charge in [0.1, 0.15) is 0 Å². The van der Waals surface area contributed by atoms with Crippen molar-refractivity contribution in [2.45, 2.75) is 39.2 Å². The number of nitrogens with zero attached hydrogens (tertiary/aromatic N) is 2. The Bertz CT molecular complexity index is 697. The van der Waals surface area contributed by atoms with Gasteiger partial charge < -0.3 is 15.1 Å². The van der Waals surface area contributed by atoms with Crippen molar-refractivity contribution in [2.24, 2.45) is 5.41 Å². The van der Waals surface area contributed by atoms with Crippen molar-refractivity contribution in [3.05, 3.63) is 35.4 Å². The van der Waals surface area contributed by atoms with Gasteiger partial charge >= 0.3 is 6.03 Å². The number of carbonyl (C=O) groups excluding carboxylic acids is 2. The number of nitrogens with one attached hydrogen (secondary N) is 1. The van der Waals surface area contributed by atoms with Crippen LogP contribution in [0.3, 0.4) is 0 Å². The van der Waals surface area contributed by atoms with Gasteiger partial charge in [0.15, 0.2) is 11.6 Å². The number of carbonyl (C=O) groups is 2. The number of piperidine rings is 1. The zero-order valence-electron chi connectivity index (χ0n) is 15.1. The maximum absolute atomic E-state index is 14.0. The maximum atomic E-state index is 14.0. The molecule has 2 aliphatic rings. The SMILES string of the molecule is CCCNC(=O)N1CC[C@]2(CCCN(Cc3cccc(F)c3F)C2=O)C1. The molecule has 0 unspecified atom stereocenters. The number of amides is 3. The fourth-order valence-corrected chi connectivity index (χ4v) is 3.95. The van der Waals surface area contributed by atoms with Crippen LogP contribution in [-0.2, 0) is 11.3 Å². The van der Waals surface area contributed by atoms with Gasteiger partial charge in [0.05, 0.1) is 5.41 Å². The van der Waals surface area contributed by atoms with Crippen LogP contribution in [0.4, 0.5) is 13.6 Å². The quantitative estimate of drug-likeness (QED) is 0.892. The summed E-state index contributed by atoms with van der Waals surface area (Å²) in [4.78, 5) is 28.6. The number of hydrogen-bond acceptors (Lipinski definition) is 2. The molecular formula is C19H25F2N3O2. The Morgan fingerprint density at radius 1 is 1.27 bits per heavy atom. The molecule has 0 radical (unpaired) electrons. The molecule has 2 fully saturated rings. The molecule has 1 aromatic carbocycles. The first-order valence-corrected chi connectivity index (χ1v) is 9.22. The Labute approximate surface area is 152 Å².